The van der Waals surface area contributed by atoms with Crippen LogP contribution in [-0.2, 0) is 0 Å². The van der Waals surface area contributed by atoms with Gasteiger partial charge < -0.3 is 9.85 Å². The Morgan fingerprint density at radius 1 is 0.600 bits per heavy atom. The molecule has 0 aliphatic rings. The maximum Gasteiger partial charge on any atom is 0.460 e. The Labute approximate surface area is 131 Å². The van der Waals surface area contributed by atoms with Crippen LogP contribution in [0, 0.1) is 5.21 Å². The highest BCUT2D eigenvalue weighted by atomic mass is 19.4. The molecule has 0 radical (unpaired) electrons. The maximum absolute atomic E-state index is 13.2. The SMILES string of the molecule is C[N+](C)([O-])CCC(F)(F)C(F)(F)C(F)(F)C(F)(F)C(F)(F)C(F)(F)F. The number of quaternary nitrogens is 1. The summed E-state index contributed by atoms with van der Waals surface area (Å²) in [5, 5.41) is 11.0. The Kier molecular flexibility index (Phi) is 5.79. The van der Waals surface area contributed by atoms with E-state index in [4.69, 9.17) is 0 Å². The minimum atomic E-state index is -7.91. The summed E-state index contributed by atoms with van der Waals surface area (Å²) in [6.07, 6.45) is -9.92. The highest BCUT2D eigenvalue weighted by Crippen LogP contribution is 2.60. The van der Waals surface area contributed by atoms with E-state index in [-0.39, 0.29) is 0 Å². The third-order valence-corrected chi connectivity index (χ3v) is 2.96. The minimum absolute atomic E-state index is 0.568. The van der Waals surface area contributed by atoms with E-state index in [9.17, 15) is 62.3 Å². The predicted octanol–water partition coefficient (Wildman–Crippen LogP) is 4.69. The van der Waals surface area contributed by atoms with Crippen molar-refractivity contribution in [1.82, 2.24) is 0 Å². The van der Waals surface area contributed by atoms with Gasteiger partial charge in [-0.05, 0) is 0 Å². The summed E-state index contributed by atoms with van der Waals surface area (Å²) in [4.78, 5) is 0. The summed E-state index contributed by atoms with van der Waals surface area (Å²) in [6.45, 7) is -1.56. The summed E-state index contributed by atoms with van der Waals surface area (Å²) >= 11 is 0. The summed E-state index contributed by atoms with van der Waals surface area (Å²) in [5.74, 6) is -37.0. The number of hydrogen-bond donors (Lipinski definition) is 0. The quantitative estimate of drug-likeness (QED) is 0.341. The molecular formula is C10H10F13NO. The van der Waals surface area contributed by atoms with Crippen molar-refractivity contribution in [2.75, 3.05) is 20.6 Å². The van der Waals surface area contributed by atoms with E-state index in [0.29, 0.717) is 14.1 Å². The van der Waals surface area contributed by atoms with Gasteiger partial charge in [-0.2, -0.15) is 57.1 Å². The summed E-state index contributed by atoms with van der Waals surface area (Å²) < 4.78 is 163. The first-order valence-corrected chi connectivity index (χ1v) is 5.95. The Hall–Kier alpha value is -0.990. The molecule has 0 unspecified atom stereocenters. The summed E-state index contributed by atoms with van der Waals surface area (Å²) in [7, 11) is 1.14. The molecular weight excluding hydrogens is 397 g/mol. The molecule has 0 aromatic carbocycles. The van der Waals surface area contributed by atoms with Crippen molar-refractivity contribution in [2.45, 2.75) is 42.2 Å². The molecule has 2 nitrogen and oxygen atoms in total. The van der Waals surface area contributed by atoms with Gasteiger partial charge >= 0.3 is 35.8 Å². The molecule has 0 aromatic rings. The highest BCUT2D eigenvalue weighted by molar-refractivity contribution is 5.10. The van der Waals surface area contributed by atoms with E-state index in [1.807, 2.05) is 0 Å². The third kappa shape index (κ3) is 3.90. The second-order valence-corrected chi connectivity index (χ2v) is 5.55. The van der Waals surface area contributed by atoms with Crippen LogP contribution in [0.2, 0.25) is 0 Å². The van der Waals surface area contributed by atoms with Crippen molar-refractivity contribution in [3.8, 4) is 0 Å². The molecule has 0 amide bonds. The zero-order chi connectivity index (χ0) is 20.9. The summed E-state index contributed by atoms with van der Waals surface area (Å²) in [5.41, 5.74) is 0. The van der Waals surface area contributed by atoms with Crippen LogP contribution in [0.3, 0.4) is 0 Å². The Bertz CT molecular complexity index is 476. The van der Waals surface area contributed by atoms with Crippen LogP contribution in [0.25, 0.3) is 0 Å². The first kappa shape index (κ1) is 24.0. The third-order valence-electron chi connectivity index (χ3n) is 2.96. The first-order chi connectivity index (χ1) is 10.5. The van der Waals surface area contributed by atoms with Crippen LogP contribution < -0.4 is 0 Å². The molecule has 152 valence electrons. The van der Waals surface area contributed by atoms with Gasteiger partial charge in [-0.1, -0.05) is 0 Å². The van der Waals surface area contributed by atoms with Crippen LogP contribution in [0.15, 0.2) is 0 Å². The molecule has 0 rings (SSSR count). The lowest BCUT2D eigenvalue weighted by atomic mass is 9.92. The molecule has 15 heteroatoms. The number of halogens is 13. The predicted molar refractivity (Wildman–Crippen MR) is 55.7 cm³/mol. The maximum atomic E-state index is 13.2. The van der Waals surface area contributed by atoms with E-state index < -0.39 is 53.4 Å². The number of nitrogens with zero attached hydrogens (tertiary/aromatic N) is 1. The van der Waals surface area contributed by atoms with Gasteiger partial charge in [-0.3, -0.25) is 0 Å². The minimum Gasteiger partial charge on any atom is -0.633 e. The largest absolute Gasteiger partial charge is 0.633 e. The zero-order valence-electron chi connectivity index (χ0n) is 12.2. The van der Waals surface area contributed by atoms with Crippen molar-refractivity contribution < 1.29 is 61.7 Å². The molecule has 0 bridgehead atoms. The molecule has 0 heterocycles. The van der Waals surface area contributed by atoms with Crippen LogP contribution in [0.4, 0.5) is 57.1 Å². The Morgan fingerprint density at radius 3 is 1.20 bits per heavy atom. The molecule has 25 heavy (non-hydrogen) atoms. The van der Waals surface area contributed by atoms with Crippen molar-refractivity contribution >= 4 is 0 Å². The molecule has 0 fully saturated rings. The smallest absolute Gasteiger partial charge is 0.460 e. The molecule has 0 atom stereocenters. The monoisotopic (exact) mass is 407 g/mol. The zero-order valence-corrected chi connectivity index (χ0v) is 12.2. The van der Waals surface area contributed by atoms with Gasteiger partial charge in [0.25, 0.3) is 0 Å². The molecule has 0 aliphatic carbocycles. The van der Waals surface area contributed by atoms with Crippen LogP contribution in [0.1, 0.15) is 6.42 Å². The van der Waals surface area contributed by atoms with E-state index in [0.717, 1.165) is 0 Å². The van der Waals surface area contributed by atoms with E-state index in [1.165, 1.54) is 0 Å². The van der Waals surface area contributed by atoms with Gasteiger partial charge in [0.1, 0.15) is 0 Å². The van der Waals surface area contributed by atoms with Crippen LogP contribution in [0.5, 0.6) is 0 Å². The normalized spacial score (nSPS) is 16.3. The number of alkyl halides is 13. The summed E-state index contributed by atoms with van der Waals surface area (Å²) in [6, 6.07) is 0. The van der Waals surface area contributed by atoms with Crippen molar-refractivity contribution in [1.29, 1.82) is 0 Å². The molecule has 0 aromatic heterocycles. The van der Waals surface area contributed by atoms with Crippen molar-refractivity contribution in [3.05, 3.63) is 5.21 Å². The van der Waals surface area contributed by atoms with Gasteiger partial charge in [-0.15, -0.1) is 0 Å². The van der Waals surface area contributed by atoms with Crippen molar-refractivity contribution in [3.63, 3.8) is 0 Å². The van der Waals surface area contributed by atoms with E-state index in [1.54, 1.807) is 0 Å². The fourth-order valence-electron chi connectivity index (χ4n) is 1.37. The van der Waals surface area contributed by atoms with E-state index in [2.05, 4.69) is 0 Å². The number of hydrogen-bond acceptors (Lipinski definition) is 1. The first-order valence-electron chi connectivity index (χ1n) is 5.95. The van der Waals surface area contributed by atoms with Gasteiger partial charge in [0.15, 0.2) is 0 Å². The van der Waals surface area contributed by atoms with Gasteiger partial charge in [0.2, 0.25) is 0 Å². The van der Waals surface area contributed by atoms with E-state index >= 15 is 0 Å². The lowest BCUT2D eigenvalue weighted by molar-refractivity contribution is -0.841. The molecule has 0 N–H and O–H groups in total. The topological polar surface area (TPSA) is 23.1 Å². The Morgan fingerprint density at radius 2 is 0.920 bits per heavy atom. The molecule has 0 aliphatic heterocycles. The standard InChI is InChI=1S/C10H10F13NO/c1-24(2,25)4-3-5(11,12)6(13,14)7(15,16)8(17,18)9(19,20)10(21,22)23/h3-4H2,1-2H3. The van der Waals surface area contributed by atoms with Gasteiger partial charge in [0, 0.05) is 0 Å². The highest BCUT2D eigenvalue weighted by Gasteiger charge is 2.90. The lowest BCUT2D eigenvalue weighted by Gasteiger charge is -2.41. The number of rotatable bonds is 7. The Balaban J connectivity index is 6.03. The van der Waals surface area contributed by atoms with Crippen LogP contribution in [-0.4, -0.2) is 61.1 Å². The molecule has 0 saturated carbocycles. The number of hydroxylamine groups is 3. The second kappa shape index (κ2) is 6.03. The van der Waals surface area contributed by atoms with Crippen LogP contribution >= 0.6 is 0 Å². The fraction of sp³-hybridized carbons (Fsp3) is 1.00. The average molecular weight is 407 g/mol. The molecule has 0 saturated heterocycles. The average Bonchev–Trinajstić information content (AvgIpc) is 2.33. The van der Waals surface area contributed by atoms with Crippen molar-refractivity contribution in [2.24, 2.45) is 0 Å². The fourth-order valence-corrected chi connectivity index (χ4v) is 1.37. The second-order valence-electron chi connectivity index (χ2n) is 5.55. The van der Waals surface area contributed by atoms with Gasteiger partial charge in [0.05, 0.1) is 27.1 Å². The van der Waals surface area contributed by atoms with Gasteiger partial charge in [-0.25, -0.2) is 0 Å². The lowest BCUT2D eigenvalue weighted by Crippen LogP contribution is -2.70. The molecule has 0 spiro atoms.